The van der Waals surface area contributed by atoms with E-state index in [0.29, 0.717) is 40.0 Å². The molecule has 6 heteroatoms. The monoisotopic (exact) mass is 379 g/mol. The normalized spacial score (nSPS) is 12.5. The molecule has 0 atom stereocenters. The van der Waals surface area contributed by atoms with Crippen molar-refractivity contribution in [2.24, 2.45) is 0 Å². The van der Waals surface area contributed by atoms with Crippen LogP contribution in [0, 0.1) is 5.82 Å². The maximum atomic E-state index is 14.9. The van der Waals surface area contributed by atoms with E-state index in [1.54, 1.807) is 30.5 Å². The molecule has 0 bridgehead atoms. The van der Waals surface area contributed by atoms with Crippen LogP contribution in [0.2, 0.25) is 0 Å². The molecule has 0 saturated heterocycles. The summed E-state index contributed by atoms with van der Waals surface area (Å²) >= 11 is 0. The van der Waals surface area contributed by atoms with Crippen molar-refractivity contribution in [3.63, 3.8) is 0 Å². The number of allylic oxidation sites excluding steroid dienone is 1. The van der Waals surface area contributed by atoms with Crippen LogP contribution in [0.4, 0.5) is 4.39 Å². The van der Waals surface area contributed by atoms with Crippen LogP contribution >= 0.6 is 0 Å². The third-order valence-corrected chi connectivity index (χ3v) is 4.61. The van der Waals surface area contributed by atoms with Gasteiger partial charge in [-0.25, -0.2) is 4.39 Å². The molecule has 28 heavy (non-hydrogen) atoms. The predicted octanol–water partition coefficient (Wildman–Crippen LogP) is 4.71. The Morgan fingerprint density at radius 3 is 2.79 bits per heavy atom. The summed E-state index contributed by atoms with van der Waals surface area (Å²) in [5.41, 5.74) is 3.24. The Labute approximate surface area is 161 Å². The highest BCUT2D eigenvalue weighted by Gasteiger charge is 2.19. The van der Waals surface area contributed by atoms with Gasteiger partial charge in [0.05, 0.1) is 12.6 Å². The number of methoxy groups -OCH3 is 1. The number of aldehydes is 1. The Kier molecular flexibility index (Phi) is 4.69. The van der Waals surface area contributed by atoms with Gasteiger partial charge in [0.1, 0.15) is 12.4 Å². The topological polar surface area (TPSA) is 57.6 Å². The van der Waals surface area contributed by atoms with Gasteiger partial charge in [-0.05, 0) is 37.1 Å². The lowest BCUT2D eigenvalue weighted by Gasteiger charge is -2.14. The number of fused-ring (bicyclic) bond motifs is 2. The largest absolute Gasteiger partial charge is 0.493 e. The molecule has 1 aliphatic carbocycles. The molecule has 0 amide bonds. The van der Waals surface area contributed by atoms with Crippen molar-refractivity contribution in [3.05, 3.63) is 59.0 Å². The summed E-state index contributed by atoms with van der Waals surface area (Å²) in [6.45, 7) is 1.89. The Morgan fingerprint density at radius 1 is 1.14 bits per heavy atom. The van der Waals surface area contributed by atoms with E-state index in [2.05, 4.69) is 4.98 Å². The lowest BCUT2D eigenvalue weighted by Crippen LogP contribution is -2.00. The zero-order valence-corrected chi connectivity index (χ0v) is 15.5. The van der Waals surface area contributed by atoms with Crippen molar-refractivity contribution in [1.82, 2.24) is 4.98 Å². The van der Waals surface area contributed by atoms with E-state index in [1.165, 1.54) is 7.11 Å². The van der Waals surface area contributed by atoms with Crippen LogP contribution in [-0.4, -0.2) is 25.0 Å². The number of nitrogens with zero attached hydrogens (tertiary/aromatic N) is 1. The van der Waals surface area contributed by atoms with Crippen LogP contribution in [0.5, 0.6) is 23.0 Å². The van der Waals surface area contributed by atoms with Crippen LogP contribution in [0.1, 0.15) is 18.1 Å². The standard InChI is InChI=1S/C22H18FNO4/c1-13-9-14-3-4-19(22(23)15(14)10-13)28-18-5-6-24-17-12-21(27-8-7-25)20(26-2)11-16(17)18/h3-7,10-12H,8-9H2,1-2H3. The van der Waals surface area contributed by atoms with Crippen molar-refractivity contribution in [2.45, 2.75) is 13.3 Å². The molecule has 0 radical (unpaired) electrons. The molecule has 0 N–H and O–H groups in total. The molecule has 3 aromatic rings. The molecule has 1 aromatic heterocycles. The summed E-state index contributed by atoms with van der Waals surface area (Å²) in [5, 5.41) is 0.643. The molecule has 2 aromatic carbocycles. The van der Waals surface area contributed by atoms with E-state index in [0.717, 1.165) is 17.6 Å². The van der Waals surface area contributed by atoms with Gasteiger partial charge in [-0.2, -0.15) is 0 Å². The summed E-state index contributed by atoms with van der Waals surface area (Å²) < 4.78 is 31.6. The van der Waals surface area contributed by atoms with Crippen LogP contribution < -0.4 is 14.2 Å². The predicted molar refractivity (Wildman–Crippen MR) is 104 cm³/mol. The Bertz CT molecular complexity index is 1110. The number of pyridine rings is 1. The van der Waals surface area contributed by atoms with Crippen molar-refractivity contribution in [1.29, 1.82) is 0 Å². The molecule has 0 fully saturated rings. The van der Waals surface area contributed by atoms with Crippen molar-refractivity contribution in [2.75, 3.05) is 13.7 Å². The van der Waals surface area contributed by atoms with Gasteiger partial charge < -0.3 is 14.2 Å². The highest BCUT2D eigenvalue weighted by atomic mass is 19.1. The van der Waals surface area contributed by atoms with Crippen molar-refractivity contribution in [3.8, 4) is 23.0 Å². The second-order valence-electron chi connectivity index (χ2n) is 6.53. The number of hydrogen-bond acceptors (Lipinski definition) is 5. The Hall–Kier alpha value is -3.41. The number of benzene rings is 2. The third-order valence-electron chi connectivity index (χ3n) is 4.61. The van der Waals surface area contributed by atoms with Crippen molar-refractivity contribution >= 4 is 23.3 Å². The number of aromatic nitrogens is 1. The zero-order chi connectivity index (χ0) is 19.7. The van der Waals surface area contributed by atoms with E-state index in [9.17, 15) is 9.18 Å². The van der Waals surface area contributed by atoms with Gasteiger partial charge in [0.25, 0.3) is 0 Å². The van der Waals surface area contributed by atoms with Gasteiger partial charge in [-0.15, -0.1) is 0 Å². The molecule has 0 spiro atoms. The fourth-order valence-corrected chi connectivity index (χ4v) is 3.33. The first-order valence-electron chi connectivity index (χ1n) is 8.80. The minimum atomic E-state index is -0.378. The first kappa shape index (κ1) is 18.0. The highest BCUT2D eigenvalue weighted by molar-refractivity contribution is 5.88. The number of carbonyl (C=O) groups excluding carboxylic acids is 1. The molecule has 0 unspecified atom stereocenters. The van der Waals surface area contributed by atoms with Gasteiger partial charge >= 0.3 is 0 Å². The van der Waals surface area contributed by atoms with Gasteiger partial charge in [0.2, 0.25) is 0 Å². The van der Waals surface area contributed by atoms with E-state index in [-0.39, 0.29) is 18.2 Å². The van der Waals surface area contributed by atoms with Crippen LogP contribution in [0.15, 0.2) is 42.1 Å². The average Bonchev–Trinajstić information content (AvgIpc) is 3.09. The molecule has 0 aliphatic heterocycles. The Morgan fingerprint density at radius 2 is 2.00 bits per heavy atom. The summed E-state index contributed by atoms with van der Waals surface area (Å²) in [6.07, 6.45) is 4.83. The summed E-state index contributed by atoms with van der Waals surface area (Å²) in [6, 6.07) is 8.56. The molecule has 0 saturated carbocycles. The van der Waals surface area contributed by atoms with Crippen molar-refractivity contribution < 1.29 is 23.4 Å². The fourth-order valence-electron chi connectivity index (χ4n) is 3.33. The van der Waals surface area contributed by atoms with E-state index < -0.39 is 0 Å². The number of halogens is 1. The van der Waals surface area contributed by atoms with Gasteiger partial charge in [-0.1, -0.05) is 17.7 Å². The smallest absolute Gasteiger partial charge is 0.173 e. The number of carbonyl (C=O) groups is 1. The Balaban J connectivity index is 1.76. The van der Waals surface area contributed by atoms with Gasteiger partial charge in [0, 0.05) is 23.2 Å². The lowest BCUT2D eigenvalue weighted by molar-refractivity contribution is -0.109. The molecule has 142 valence electrons. The first-order valence-corrected chi connectivity index (χ1v) is 8.80. The molecule has 5 nitrogen and oxygen atoms in total. The average molecular weight is 379 g/mol. The summed E-state index contributed by atoms with van der Waals surface area (Å²) in [4.78, 5) is 14.9. The van der Waals surface area contributed by atoms with Gasteiger partial charge in [-0.3, -0.25) is 9.78 Å². The summed E-state index contributed by atoms with van der Waals surface area (Å²) in [5.74, 6) is 1.05. The molecule has 1 aliphatic rings. The molecule has 1 heterocycles. The quantitative estimate of drug-likeness (QED) is 0.581. The van der Waals surface area contributed by atoms with Crippen LogP contribution in [0.25, 0.3) is 17.0 Å². The number of ether oxygens (including phenoxy) is 3. The number of hydrogen-bond donors (Lipinski definition) is 0. The zero-order valence-electron chi connectivity index (χ0n) is 15.5. The third kappa shape index (κ3) is 3.17. The summed E-state index contributed by atoms with van der Waals surface area (Å²) in [7, 11) is 1.50. The second-order valence-corrected chi connectivity index (χ2v) is 6.53. The maximum absolute atomic E-state index is 14.9. The minimum Gasteiger partial charge on any atom is -0.493 e. The van der Waals surface area contributed by atoms with Gasteiger partial charge in [0.15, 0.2) is 29.4 Å². The van der Waals surface area contributed by atoms with E-state index in [1.807, 2.05) is 19.1 Å². The lowest BCUT2D eigenvalue weighted by atomic mass is 10.1. The SMILES string of the molecule is COc1cc2c(Oc3ccc4c(c3F)C=C(C)C4)ccnc2cc1OCC=O. The van der Waals surface area contributed by atoms with Crippen LogP contribution in [0.3, 0.4) is 0 Å². The number of rotatable bonds is 6. The molecular weight excluding hydrogens is 361 g/mol. The first-order chi connectivity index (χ1) is 13.6. The molecule has 4 rings (SSSR count). The maximum Gasteiger partial charge on any atom is 0.173 e. The minimum absolute atomic E-state index is 0.0919. The van der Waals surface area contributed by atoms with E-state index >= 15 is 0 Å². The molecular formula is C22H18FNO4. The van der Waals surface area contributed by atoms with Crippen LogP contribution in [-0.2, 0) is 11.2 Å². The fraction of sp³-hybridized carbons (Fsp3) is 0.182. The van der Waals surface area contributed by atoms with E-state index in [4.69, 9.17) is 14.2 Å². The second kappa shape index (κ2) is 7.31. The highest BCUT2D eigenvalue weighted by Crippen LogP contribution is 2.39.